The van der Waals surface area contributed by atoms with Crippen LogP contribution < -0.4 is 5.32 Å². The molecule has 0 aliphatic carbocycles. The molecule has 4 rings (SSSR count). The van der Waals surface area contributed by atoms with Crippen molar-refractivity contribution >= 4 is 17.5 Å². The van der Waals surface area contributed by atoms with Crippen molar-refractivity contribution in [3.8, 4) is 33.6 Å². The number of rotatable bonds is 6. The van der Waals surface area contributed by atoms with Crippen LogP contribution in [0.3, 0.4) is 0 Å². The molecule has 6 heteroatoms. The van der Waals surface area contributed by atoms with E-state index in [2.05, 4.69) is 10.3 Å². The van der Waals surface area contributed by atoms with E-state index < -0.39 is 0 Å². The van der Waals surface area contributed by atoms with Crippen LogP contribution in [0.25, 0.3) is 33.6 Å². The molecule has 1 heterocycles. The highest BCUT2D eigenvalue weighted by atomic mass is 35.5. The van der Waals surface area contributed by atoms with Crippen molar-refractivity contribution in [3.05, 3.63) is 89.5 Å². The summed E-state index contributed by atoms with van der Waals surface area (Å²) in [5, 5.41) is 3.55. The van der Waals surface area contributed by atoms with E-state index in [0.29, 0.717) is 34.4 Å². The minimum Gasteiger partial charge on any atom is -0.352 e. The smallest absolute Gasteiger partial charge is 0.251 e. The minimum atomic E-state index is -0.357. The zero-order chi connectivity index (χ0) is 23.5. The Kier molecular flexibility index (Phi) is 6.61. The Morgan fingerprint density at radius 3 is 2.48 bits per heavy atom. The Morgan fingerprint density at radius 2 is 1.79 bits per heavy atom. The predicted molar refractivity (Wildman–Crippen MR) is 132 cm³/mol. The summed E-state index contributed by atoms with van der Waals surface area (Å²) in [4.78, 5) is 17.7. The van der Waals surface area contributed by atoms with Crippen molar-refractivity contribution in [2.24, 2.45) is 13.0 Å². The second-order valence-electron chi connectivity index (χ2n) is 8.40. The number of hydrogen-bond donors (Lipinski definition) is 1. The van der Waals surface area contributed by atoms with E-state index in [4.69, 9.17) is 11.6 Å². The number of amides is 1. The highest BCUT2D eigenvalue weighted by molar-refractivity contribution is 6.33. The minimum absolute atomic E-state index is 0.199. The van der Waals surface area contributed by atoms with Crippen LogP contribution in [0.2, 0.25) is 5.02 Å². The molecule has 0 spiro atoms. The average molecular weight is 462 g/mol. The average Bonchev–Trinajstić information content (AvgIpc) is 3.23. The van der Waals surface area contributed by atoms with Gasteiger partial charge in [0.2, 0.25) is 0 Å². The summed E-state index contributed by atoms with van der Waals surface area (Å²) in [6.45, 7) is 4.62. The van der Waals surface area contributed by atoms with Gasteiger partial charge in [-0.2, -0.15) is 0 Å². The van der Waals surface area contributed by atoms with E-state index in [9.17, 15) is 9.18 Å². The number of benzene rings is 3. The topological polar surface area (TPSA) is 46.9 Å². The number of hydrogen-bond acceptors (Lipinski definition) is 2. The fourth-order valence-electron chi connectivity index (χ4n) is 3.78. The monoisotopic (exact) mass is 461 g/mol. The van der Waals surface area contributed by atoms with Crippen LogP contribution in [0.1, 0.15) is 24.2 Å². The van der Waals surface area contributed by atoms with Gasteiger partial charge in [0.1, 0.15) is 11.6 Å². The van der Waals surface area contributed by atoms with Crippen LogP contribution in [0, 0.1) is 11.7 Å². The molecule has 0 unspecified atom stereocenters. The lowest BCUT2D eigenvalue weighted by Gasteiger charge is -2.16. The molecule has 0 aliphatic heterocycles. The first-order chi connectivity index (χ1) is 15.8. The third-order valence-electron chi connectivity index (χ3n) is 5.45. The van der Waals surface area contributed by atoms with Crippen molar-refractivity contribution in [1.29, 1.82) is 0 Å². The Bertz CT molecular complexity index is 1310. The van der Waals surface area contributed by atoms with Gasteiger partial charge in [0.05, 0.1) is 0 Å². The summed E-state index contributed by atoms with van der Waals surface area (Å²) < 4.78 is 16.2. The number of halogens is 2. The Labute approximate surface area is 198 Å². The van der Waals surface area contributed by atoms with Crippen molar-refractivity contribution in [2.75, 3.05) is 6.54 Å². The SMILES string of the molecule is CC(C)CNC(=O)c1cc(-c2cc(F)ccc2-c2nccn2C)ccc1-c1ccccc1Cl. The maximum atomic E-state index is 14.3. The number of nitrogens with one attached hydrogen (secondary N) is 1. The number of carbonyl (C=O) groups excluding carboxylic acids is 1. The molecule has 168 valence electrons. The molecule has 1 N–H and O–H groups in total. The quantitative estimate of drug-likeness (QED) is 0.351. The Hall–Kier alpha value is -3.44. The summed E-state index contributed by atoms with van der Waals surface area (Å²) >= 11 is 6.46. The zero-order valence-corrected chi connectivity index (χ0v) is 19.5. The first-order valence-electron chi connectivity index (χ1n) is 10.8. The molecule has 0 radical (unpaired) electrons. The molecule has 0 bridgehead atoms. The molecule has 4 aromatic rings. The van der Waals surface area contributed by atoms with E-state index in [1.54, 1.807) is 24.4 Å². The van der Waals surface area contributed by atoms with Gasteiger partial charge in [-0.1, -0.05) is 55.8 Å². The van der Waals surface area contributed by atoms with Crippen LogP contribution >= 0.6 is 11.6 Å². The van der Waals surface area contributed by atoms with Crippen LogP contribution in [-0.4, -0.2) is 22.0 Å². The molecule has 1 aromatic heterocycles. The molecule has 0 saturated carbocycles. The van der Waals surface area contributed by atoms with Gasteiger partial charge in [-0.3, -0.25) is 4.79 Å². The van der Waals surface area contributed by atoms with Crippen molar-refractivity contribution in [1.82, 2.24) is 14.9 Å². The maximum absolute atomic E-state index is 14.3. The van der Waals surface area contributed by atoms with Gasteiger partial charge < -0.3 is 9.88 Å². The van der Waals surface area contributed by atoms with E-state index in [-0.39, 0.29) is 11.7 Å². The molecule has 0 atom stereocenters. The summed E-state index contributed by atoms with van der Waals surface area (Å²) in [5.41, 5.74) is 4.13. The Morgan fingerprint density at radius 1 is 1.03 bits per heavy atom. The van der Waals surface area contributed by atoms with Crippen LogP contribution in [-0.2, 0) is 7.05 Å². The number of nitrogens with zero attached hydrogens (tertiary/aromatic N) is 2. The highest BCUT2D eigenvalue weighted by Gasteiger charge is 2.19. The van der Waals surface area contributed by atoms with Crippen LogP contribution in [0.5, 0.6) is 0 Å². The van der Waals surface area contributed by atoms with Gasteiger partial charge in [-0.05, 0) is 52.9 Å². The lowest BCUT2D eigenvalue weighted by atomic mass is 9.92. The third-order valence-corrected chi connectivity index (χ3v) is 5.78. The van der Waals surface area contributed by atoms with E-state index in [1.165, 1.54) is 12.1 Å². The van der Waals surface area contributed by atoms with E-state index in [1.807, 2.05) is 62.0 Å². The van der Waals surface area contributed by atoms with Crippen LogP contribution in [0.15, 0.2) is 73.1 Å². The lowest BCUT2D eigenvalue weighted by Crippen LogP contribution is -2.27. The van der Waals surface area contributed by atoms with Gasteiger partial charge in [-0.15, -0.1) is 0 Å². The molecule has 0 saturated heterocycles. The molecule has 3 aromatic carbocycles. The largest absolute Gasteiger partial charge is 0.352 e. The number of aryl methyl sites for hydroxylation is 1. The van der Waals surface area contributed by atoms with E-state index in [0.717, 1.165) is 22.3 Å². The van der Waals surface area contributed by atoms with Gasteiger partial charge >= 0.3 is 0 Å². The van der Waals surface area contributed by atoms with Gasteiger partial charge in [0.25, 0.3) is 5.91 Å². The predicted octanol–water partition coefficient (Wildman–Crippen LogP) is 6.60. The van der Waals surface area contributed by atoms with Crippen molar-refractivity contribution in [3.63, 3.8) is 0 Å². The molecule has 33 heavy (non-hydrogen) atoms. The van der Waals surface area contributed by atoms with Crippen LogP contribution in [0.4, 0.5) is 4.39 Å². The molecule has 4 nitrogen and oxygen atoms in total. The first-order valence-corrected chi connectivity index (χ1v) is 11.2. The zero-order valence-electron chi connectivity index (χ0n) is 18.8. The summed E-state index contributed by atoms with van der Waals surface area (Å²) in [6.07, 6.45) is 3.54. The van der Waals surface area contributed by atoms with Gasteiger partial charge in [-0.25, -0.2) is 9.37 Å². The third kappa shape index (κ3) is 4.83. The molecule has 0 aliphatic rings. The van der Waals surface area contributed by atoms with Crippen molar-refractivity contribution < 1.29 is 9.18 Å². The number of carbonyl (C=O) groups is 1. The fourth-order valence-corrected chi connectivity index (χ4v) is 4.02. The lowest BCUT2D eigenvalue weighted by molar-refractivity contribution is 0.0949. The second-order valence-corrected chi connectivity index (χ2v) is 8.80. The van der Waals surface area contributed by atoms with E-state index >= 15 is 0 Å². The summed E-state index contributed by atoms with van der Waals surface area (Å²) in [7, 11) is 1.89. The van der Waals surface area contributed by atoms with Crippen molar-refractivity contribution in [2.45, 2.75) is 13.8 Å². The summed E-state index contributed by atoms with van der Waals surface area (Å²) in [6, 6.07) is 17.6. The maximum Gasteiger partial charge on any atom is 0.251 e. The normalized spacial score (nSPS) is 11.1. The highest BCUT2D eigenvalue weighted by Crippen LogP contribution is 2.36. The number of aromatic nitrogens is 2. The van der Waals surface area contributed by atoms with Gasteiger partial charge in [0, 0.05) is 47.7 Å². The molecule has 0 fully saturated rings. The molecular weight excluding hydrogens is 437 g/mol. The molecule has 1 amide bonds. The number of imidazole rings is 1. The standard InChI is InChI=1S/C27H25ClFN3O/c1-17(2)16-31-27(33)24-14-18(8-10-20(24)21-6-4-5-7-25(21)28)23-15-19(29)9-11-22(23)26-30-12-13-32(26)3/h4-15,17H,16H2,1-3H3,(H,31,33). The first kappa shape index (κ1) is 22.7. The Balaban J connectivity index is 1.89. The molecular formula is C27H25ClFN3O. The summed E-state index contributed by atoms with van der Waals surface area (Å²) in [5.74, 6) is 0.462. The van der Waals surface area contributed by atoms with Gasteiger partial charge in [0.15, 0.2) is 0 Å². The fraction of sp³-hybridized carbons (Fsp3) is 0.185. The second kappa shape index (κ2) is 9.59.